The van der Waals surface area contributed by atoms with Crippen molar-refractivity contribution in [3.8, 4) is 5.75 Å². The molecule has 0 aromatic heterocycles. The molecule has 1 aromatic carbocycles. The number of likely N-dealkylation sites (N-methyl/N-ethyl adjacent to an activating group) is 1. The lowest BCUT2D eigenvalue weighted by atomic mass is 10.2. The average molecular weight is 487 g/mol. The van der Waals surface area contributed by atoms with Gasteiger partial charge in [-0.15, -0.1) is 30.6 Å². The van der Waals surface area contributed by atoms with Crippen LogP contribution in [0.1, 0.15) is 0 Å². The van der Waals surface area contributed by atoms with E-state index in [0.717, 1.165) is 43.6 Å². The van der Waals surface area contributed by atoms with Gasteiger partial charge in [-0.2, -0.15) is 0 Å². The van der Waals surface area contributed by atoms with E-state index in [0.29, 0.717) is 6.54 Å². The molecule has 1 fully saturated rings. The molecule has 0 aliphatic carbocycles. The Kier molecular flexibility index (Phi) is 9.98. The van der Waals surface area contributed by atoms with Crippen molar-refractivity contribution in [3.63, 3.8) is 0 Å². The van der Waals surface area contributed by atoms with E-state index in [1.807, 2.05) is 12.1 Å². The van der Waals surface area contributed by atoms with Crippen LogP contribution >= 0.6 is 24.0 Å². The molecule has 0 spiro atoms. The minimum Gasteiger partial charge on any atom is -0.497 e. The van der Waals surface area contributed by atoms with Crippen LogP contribution < -0.4 is 15.0 Å². The Morgan fingerprint density at radius 2 is 2.04 bits per heavy atom. The molecule has 27 heavy (non-hydrogen) atoms. The van der Waals surface area contributed by atoms with E-state index in [4.69, 9.17) is 4.74 Å². The second-order valence-corrected chi connectivity index (χ2v) is 6.27. The summed E-state index contributed by atoms with van der Waals surface area (Å²) in [7, 11) is 5.16. The highest BCUT2D eigenvalue weighted by atomic mass is 127. The van der Waals surface area contributed by atoms with E-state index >= 15 is 0 Å². The van der Waals surface area contributed by atoms with E-state index < -0.39 is 0 Å². The predicted octanol–water partition coefficient (Wildman–Crippen LogP) is 1.65. The van der Waals surface area contributed by atoms with E-state index in [1.165, 1.54) is 0 Å². The number of guanidine groups is 1. The molecule has 1 heterocycles. The Hall–Kier alpha value is -1.97. The maximum atomic E-state index is 11.8. The molecule has 8 heteroatoms. The molecule has 0 unspecified atom stereocenters. The van der Waals surface area contributed by atoms with Crippen LogP contribution in [0.5, 0.6) is 5.75 Å². The van der Waals surface area contributed by atoms with E-state index in [1.54, 1.807) is 32.2 Å². The number of anilines is 1. The van der Waals surface area contributed by atoms with Gasteiger partial charge >= 0.3 is 0 Å². The molecule has 1 N–H and O–H groups in total. The average Bonchev–Trinajstić information content (AvgIpc) is 2.68. The summed E-state index contributed by atoms with van der Waals surface area (Å²) in [6, 6.07) is 8.10. The number of benzene rings is 1. The van der Waals surface area contributed by atoms with Gasteiger partial charge in [-0.1, -0.05) is 12.1 Å². The predicted molar refractivity (Wildman–Crippen MR) is 121 cm³/mol. The van der Waals surface area contributed by atoms with Gasteiger partial charge in [-0.25, -0.2) is 4.99 Å². The Bertz CT molecular complexity index is 643. The van der Waals surface area contributed by atoms with Crippen LogP contribution in [0, 0.1) is 0 Å². The Morgan fingerprint density at radius 3 is 2.63 bits per heavy atom. The fourth-order valence-corrected chi connectivity index (χ4v) is 2.70. The molecule has 0 saturated carbocycles. The molecule has 1 aliphatic heterocycles. The maximum Gasteiger partial charge on any atom is 0.243 e. The first-order valence-corrected chi connectivity index (χ1v) is 8.78. The number of carbonyl (C=O) groups is 1. The van der Waals surface area contributed by atoms with Crippen molar-refractivity contribution < 1.29 is 9.53 Å². The fraction of sp³-hybridized carbons (Fsp3) is 0.474. The van der Waals surface area contributed by atoms with Crippen molar-refractivity contribution >= 4 is 41.5 Å². The number of methoxy groups -OCH3 is 1. The van der Waals surface area contributed by atoms with E-state index in [2.05, 4.69) is 38.8 Å². The molecule has 150 valence electrons. The zero-order valence-corrected chi connectivity index (χ0v) is 18.7. The summed E-state index contributed by atoms with van der Waals surface area (Å²) in [5, 5.41) is 3.25. The zero-order chi connectivity index (χ0) is 18.9. The molecule has 1 amide bonds. The summed E-state index contributed by atoms with van der Waals surface area (Å²) in [5.41, 5.74) is 1.16. The number of halogens is 1. The van der Waals surface area contributed by atoms with Crippen LogP contribution in [-0.2, 0) is 4.79 Å². The minimum absolute atomic E-state index is 0. The number of aliphatic imine (C=N–C) groups is 1. The van der Waals surface area contributed by atoms with Gasteiger partial charge in [0.25, 0.3) is 0 Å². The molecule has 1 aromatic rings. The quantitative estimate of drug-likeness (QED) is 0.286. The first-order chi connectivity index (χ1) is 12.5. The third-order valence-electron chi connectivity index (χ3n) is 4.27. The summed E-state index contributed by atoms with van der Waals surface area (Å²) in [4.78, 5) is 22.4. The van der Waals surface area contributed by atoms with Gasteiger partial charge in [-0.3, -0.25) is 4.79 Å². The maximum absolute atomic E-state index is 11.8. The summed E-state index contributed by atoms with van der Waals surface area (Å²) < 4.78 is 5.31. The fourth-order valence-electron chi connectivity index (χ4n) is 2.70. The molecule has 0 atom stereocenters. The number of piperazine rings is 1. The highest BCUT2D eigenvalue weighted by Gasteiger charge is 2.20. The summed E-state index contributed by atoms with van der Waals surface area (Å²) in [5.74, 6) is 1.60. The van der Waals surface area contributed by atoms with Gasteiger partial charge in [0.15, 0.2) is 5.96 Å². The van der Waals surface area contributed by atoms with Gasteiger partial charge < -0.3 is 24.8 Å². The molecule has 1 aliphatic rings. The van der Waals surface area contributed by atoms with Crippen molar-refractivity contribution in [1.29, 1.82) is 0 Å². The van der Waals surface area contributed by atoms with Gasteiger partial charge in [0, 0.05) is 58.6 Å². The Balaban J connectivity index is 0.00000364. The molecule has 0 bridgehead atoms. The summed E-state index contributed by atoms with van der Waals surface area (Å²) >= 11 is 0. The Labute approximate surface area is 179 Å². The molecular formula is C19H30IN5O2. The first-order valence-electron chi connectivity index (χ1n) is 8.78. The largest absolute Gasteiger partial charge is 0.497 e. The van der Waals surface area contributed by atoms with E-state index in [-0.39, 0.29) is 36.4 Å². The topological polar surface area (TPSA) is 60.4 Å². The summed E-state index contributed by atoms with van der Waals surface area (Å²) in [6.07, 6.45) is 1.79. The first kappa shape index (κ1) is 23.1. The number of hydrogen-bond acceptors (Lipinski definition) is 4. The normalized spacial score (nSPS) is 14.3. The second-order valence-electron chi connectivity index (χ2n) is 6.27. The van der Waals surface area contributed by atoms with Crippen molar-refractivity contribution in [2.45, 2.75) is 0 Å². The Morgan fingerprint density at radius 1 is 1.33 bits per heavy atom. The number of ether oxygens (including phenoxy) is 1. The lowest BCUT2D eigenvalue weighted by Crippen LogP contribution is -2.52. The molecule has 0 radical (unpaired) electrons. The number of rotatable bonds is 6. The summed E-state index contributed by atoms with van der Waals surface area (Å²) in [6.45, 7) is 7.91. The zero-order valence-electron chi connectivity index (χ0n) is 16.4. The molecule has 1 saturated heterocycles. The van der Waals surface area contributed by atoms with Crippen LogP contribution in [0.3, 0.4) is 0 Å². The van der Waals surface area contributed by atoms with Crippen LogP contribution in [0.25, 0.3) is 0 Å². The minimum atomic E-state index is -0.0158. The highest BCUT2D eigenvalue weighted by Crippen LogP contribution is 2.22. The van der Waals surface area contributed by atoms with Crippen molar-refractivity contribution in [1.82, 2.24) is 15.1 Å². The van der Waals surface area contributed by atoms with Crippen LogP contribution in [0.4, 0.5) is 5.69 Å². The van der Waals surface area contributed by atoms with Gasteiger partial charge in [-0.05, 0) is 12.1 Å². The van der Waals surface area contributed by atoms with Gasteiger partial charge in [0.1, 0.15) is 12.3 Å². The monoisotopic (exact) mass is 487 g/mol. The number of carbonyl (C=O) groups excluding carboxylic acids is 1. The second kappa shape index (κ2) is 11.7. The van der Waals surface area contributed by atoms with E-state index in [9.17, 15) is 4.79 Å². The highest BCUT2D eigenvalue weighted by molar-refractivity contribution is 14.0. The number of amides is 1. The molecule has 2 rings (SSSR count). The number of nitrogens with zero attached hydrogens (tertiary/aromatic N) is 4. The number of hydrogen-bond donors (Lipinski definition) is 1. The smallest absolute Gasteiger partial charge is 0.243 e. The molecular weight excluding hydrogens is 457 g/mol. The van der Waals surface area contributed by atoms with Crippen molar-refractivity contribution in [2.24, 2.45) is 4.99 Å². The lowest BCUT2D eigenvalue weighted by Gasteiger charge is -2.37. The van der Waals surface area contributed by atoms with Crippen molar-refractivity contribution in [3.05, 3.63) is 36.9 Å². The SMILES string of the molecule is C=CCNC(=NCC(=O)N(C)C)N1CCN(c2cccc(OC)c2)CC1.I. The van der Waals surface area contributed by atoms with Crippen molar-refractivity contribution in [2.75, 3.05) is 65.4 Å². The van der Waals surface area contributed by atoms with Gasteiger partial charge in [0.2, 0.25) is 5.91 Å². The van der Waals surface area contributed by atoms with Gasteiger partial charge in [0.05, 0.1) is 7.11 Å². The third-order valence-corrected chi connectivity index (χ3v) is 4.27. The third kappa shape index (κ3) is 6.93. The van der Waals surface area contributed by atoms with Crippen LogP contribution in [0.15, 0.2) is 41.9 Å². The lowest BCUT2D eigenvalue weighted by molar-refractivity contribution is -0.127. The molecule has 7 nitrogen and oxygen atoms in total. The number of nitrogens with one attached hydrogen (secondary N) is 1. The van der Waals surface area contributed by atoms with Crippen LogP contribution in [0.2, 0.25) is 0 Å². The van der Waals surface area contributed by atoms with Crippen LogP contribution in [-0.4, -0.2) is 82.1 Å². The standard InChI is InChI=1S/C19H29N5O2.HI/c1-5-9-20-19(21-15-18(25)22(2)3)24-12-10-23(11-13-24)16-7-6-8-17(14-16)26-4;/h5-8,14H,1,9-13,15H2,2-4H3,(H,20,21);1H.